The molecule has 0 bridgehead atoms. The zero-order valence-electron chi connectivity index (χ0n) is 10.4. The van der Waals surface area contributed by atoms with Crippen molar-refractivity contribution in [3.63, 3.8) is 0 Å². The van der Waals surface area contributed by atoms with E-state index in [1.165, 1.54) is 12.4 Å². The summed E-state index contributed by atoms with van der Waals surface area (Å²) in [4.78, 5) is 34.0. The molecule has 0 aliphatic carbocycles. The molecule has 0 aromatic carbocycles. The zero-order valence-corrected chi connectivity index (χ0v) is 11.2. The van der Waals surface area contributed by atoms with Gasteiger partial charge in [-0.25, -0.2) is 4.79 Å². The van der Waals surface area contributed by atoms with Gasteiger partial charge in [0.05, 0.1) is 0 Å². The third-order valence-electron chi connectivity index (χ3n) is 1.92. The van der Waals surface area contributed by atoms with Crippen molar-refractivity contribution in [2.75, 3.05) is 6.61 Å². The van der Waals surface area contributed by atoms with Gasteiger partial charge in [0.15, 0.2) is 0 Å². The van der Waals surface area contributed by atoms with Crippen LogP contribution in [0.4, 0.5) is 0 Å². The second kappa shape index (κ2) is 6.98. The molecule has 20 heavy (non-hydrogen) atoms. The fraction of sp³-hybridized carbons (Fsp3) is 0.444. The van der Waals surface area contributed by atoms with Gasteiger partial charge in [0.1, 0.15) is 6.42 Å². The van der Waals surface area contributed by atoms with Crippen molar-refractivity contribution < 1.29 is 42.0 Å². The monoisotopic (exact) mass is 311 g/mol. The molecule has 0 aliphatic rings. The van der Waals surface area contributed by atoms with E-state index in [1.54, 1.807) is 0 Å². The smallest absolute Gasteiger partial charge is 0.382 e. The Hall–Kier alpha value is -1.98. The molecule has 0 heterocycles. The lowest BCUT2D eigenvalue weighted by atomic mass is 10.2. The number of rotatable bonds is 7. The van der Waals surface area contributed by atoms with Crippen molar-refractivity contribution in [3.8, 4) is 0 Å². The Kier molecular flexibility index (Phi) is 6.29. The average molecular weight is 311 g/mol. The van der Waals surface area contributed by atoms with Gasteiger partial charge in [0.25, 0.3) is 5.91 Å². The second-order valence-corrected chi connectivity index (χ2v) is 4.90. The molecule has 0 aromatic heterocycles. The number of carboxylic acids is 1. The first kappa shape index (κ1) is 18.0. The maximum Gasteiger partial charge on any atom is 0.382 e. The molecule has 1 unspecified atom stereocenters. The van der Waals surface area contributed by atoms with E-state index in [9.17, 15) is 22.8 Å². The Morgan fingerprint density at radius 2 is 1.95 bits per heavy atom. The van der Waals surface area contributed by atoms with Gasteiger partial charge in [-0.2, -0.15) is 13.9 Å². The van der Waals surface area contributed by atoms with E-state index < -0.39 is 45.9 Å². The molecular formula is C9H13NO9S. The van der Waals surface area contributed by atoms with Crippen LogP contribution in [0.3, 0.4) is 0 Å². The predicted octanol–water partition coefficient (Wildman–Crippen LogP) is -1.16. The number of amides is 1. The number of aliphatic carboxylic acids is 1. The summed E-state index contributed by atoms with van der Waals surface area (Å²) < 4.78 is 36.1. The molecule has 0 saturated carbocycles. The van der Waals surface area contributed by atoms with Crippen molar-refractivity contribution in [1.82, 2.24) is 5.48 Å². The lowest BCUT2D eigenvalue weighted by molar-refractivity contribution is -0.176. The lowest BCUT2D eigenvalue weighted by Crippen LogP contribution is -2.53. The van der Waals surface area contributed by atoms with Gasteiger partial charge < -0.3 is 14.7 Å². The predicted molar refractivity (Wildman–Crippen MR) is 62.6 cm³/mol. The van der Waals surface area contributed by atoms with Crippen molar-refractivity contribution in [2.24, 2.45) is 0 Å². The summed E-state index contributed by atoms with van der Waals surface area (Å²) in [6.07, 6.45) is -0.706. The Morgan fingerprint density at radius 1 is 1.40 bits per heavy atom. The zero-order chi connectivity index (χ0) is 16.0. The molecule has 0 aliphatic heterocycles. The maximum absolute atomic E-state index is 11.7. The molecule has 0 aromatic rings. The van der Waals surface area contributed by atoms with E-state index in [2.05, 4.69) is 16.2 Å². The summed E-state index contributed by atoms with van der Waals surface area (Å²) >= 11 is 0. The van der Waals surface area contributed by atoms with Crippen LogP contribution in [-0.4, -0.2) is 47.5 Å². The van der Waals surface area contributed by atoms with Crippen molar-refractivity contribution >= 4 is 28.0 Å². The Morgan fingerprint density at radius 3 is 2.30 bits per heavy atom. The summed E-state index contributed by atoms with van der Waals surface area (Å²) in [7, 11) is -5.29. The second-order valence-electron chi connectivity index (χ2n) is 3.29. The molecule has 114 valence electrons. The van der Waals surface area contributed by atoms with Crippen LogP contribution in [0.1, 0.15) is 13.3 Å². The van der Waals surface area contributed by atoms with Gasteiger partial charge in [-0.1, -0.05) is 6.58 Å². The average Bonchev–Trinajstić information content (AvgIpc) is 2.32. The molecule has 1 amide bonds. The van der Waals surface area contributed by atoms with E-state index in [0.29, 0.717) is 6.08 Å². The number of carboxylic acid groups (broad SMARTS) is 1. The number of carbonyl (C=O) groups excluding carboxylic acids is 2. The molecule has 0 rings (SSSR count). The van der Waals surface area contributed by atoms with Crippen LogP contribution in [0.15, 0.2) is 12.7 Å². The van der Waals surface area contributed by atoms with Crippen LogP contribution in [-0.2, 0) is 34.1 Å². The summed E-state index contributed by atoms with van der Waals surface area (Å²) in [5, 5.41) is 8.64. The third-order valence-corrected chi connectivity index (χ3v) is 3.18. The summed E-state index contributed by atoms with van der Waals surface area (Å²) in [5.74, 6) is -4.54. The Bertz CT molecular complexity index is 512. The number of hydrogen-bond donors (Lipinski definition) is 3. The standard InChI is InChI=1S/C9H13NO9S/c1-3-6(11)10-19-8(14)9(18-4-2,5-7(12)13)20(15,16)17/h3H,1,4-5H2,2H3,(H,10,11)(H,12,13)(H,15,16,17). The van der Waals surface area contributed by atoms with Crippen LogP contribution < -0.4 is 5.48 Å². The minimum absolute atomic E-state index is 0.419. The number of ether oxygens (including phenoxy) is 1. The van der Waals surface area contributed by atoms with Crippen molar-refractivity contribution in [1.29, 1.82) is 0 Å². The van der Waals surface area contributed by atoms with E-state index in [-0.39, 0.29) is 0 Å². The van der Waals surface area contributed by atoms with E-state index in [1.807, 2.05) is 0 Å². The molecule has 0 saturated heterocycles. The Labute approximate surface area is 114 Å². The minimum atomic E-state index is -5.29. The van der Waals surface area contributed by atoms with E-state index >= 15 is 0 Å². The topological polar surface area (TPSA) is 156 Å². The van der Waals surface area contributed by atoms with Crippen LogP contribution >= 0.6 is 0 Å². The normalized spacial score (nSPS) is 13.9. The van der Waals surface area contributed by atoms with Crippen LogP contribution in [0.25, 0.3) is 0 Å². The molecule has 3 N–H and O–H groups in total. The highest BCUT2D eigenvalue weighted by Crippen LogP contribution is 2.25. The first-order valence-electron chi connectivity index (χ1n) is 5.07. The third kappa shape index (κ3) is 4.29. The SMILES string of the molecule is C=CC(=O)NOC(=O)C(CC(=O)O)(OCC)S(=O)(=O)O. The van der Waals surface area contributed by atoms with E-state index in [4.69, 9.17) is 9.66 Å². The van der Waals surface area contributed by atoms with Crippen LogP contribution in [0.2, 0.25) is 0 Å². The molecule has 0 spiro atoms. The van der Waals surface area contributed by atoms with Gasteiger partial charge in [-0.05, 0) is 13.0 Å². The number of carbonyl (C=O) groups is 3. The number of hydrogen-bond acceptors (Lipinski definition) is 7. The van der Waals surface area contributed by atoms with Gasteiger partial charge in [-0.3, -0.25) is 14.1 Å². The van der Waals surface area contributed by atoms with Crippen LogP contribution in [0.5, 0.6) is 0 Å². The van der Waals surface area contributed by atoms with E-state index in [0.717, 1.165) is 0 Å². The van der Waals surface area contributed by atoms with Crippen LogP contribution in [0, 0.1) is 0 Å². The Balaban J connectivity index is 5.48. The molecular weight excluding hydrogens is 298 g/mol. The number of nitrogens with one attached hydrogen (secondary N) is 1. The molecule has 1 atom stereocenters. The quantitative estimate of drug-likeness (QED) is 0.300. The summed E-state index contributed by atoms with van der Waals surface area (Å²) in [6.45, 7) is 3.88. The lowest BCUT2D eigenvalue weighted by Gasteiger charge is -2.25. The van der Waals surface area contributed by atoms with Gasteiger partial charge in [0.2, 0.25) is 0 Å². The first-order valence-corrected chi connectivity index (χ1v) is 6.51. The molecule has 0 radical (unpaired) electrons. The van der Waals surface area contributed by atoms with Gasteiger partial charge in [-0.15, -0.1) is 0 Å². The number of hydroxylamine groups is 1. The minimum Gasteiger partial charge on any atom is -0.481 e. The largest absolute Gasteiger partial charge is 0.481 e. The highest BCUT2D eigenvalue weighted by molar-refractivity contribution is 7.88. The molecule has 0 fully saturated rings. The fourth-order valence-corrected chi connectivity index (χ4v) is 1.93. The summed E-state index contributed by atoms with van der Waals surface area (Å²) in [6, 6.07) is 0. The highest BCUT2D eigenvalue weighted by Gasteiger charge is 2.55. The highest BCUT2D eigenvalue weighted by atomic mass is 32.2. The fourth-order valence-electron chi connectivity index (χ4n) is 1.10. The molecule has 10 nitrogen and oxygen atoms in total. The van der Waals surface area contributed by atoms with Crippen molar-refractivity contribution in [3.05, 3.63) is 12.7 Å². The van der Waals surface area contributed by atoms with Gasteiger partial charge in [0, 0.05) is 6.61 Å². The summed E-state index contributed by atoms with van der Waals surface area (Å²) in [5.41, 5.74) is 1.49. The first-order chi connectivity index (χ1) is 9.10. The molecule has 11 heteroatoms. The van der Waals surface area contributed by atoms with Crippen molar-refractivity contribution in [2.45, 2.75) is 18.3 Å². The maximum atomic E-state index is 11.7. The van der Waals surface area contributed by atoms with Gasteiger partial charge >= 0.3 is 27.0 Å².